The van der Waals surface area contributed by atoms with Gasteiger partial charge >= 0.3 is 0 Å². The highest BCUT2D eigenvalue weighted by Crippen LogP contribution is 2.14. The Morgan fingerprint density at radius 3 is 1.33 bits per heavy atom. The first-order chi connectivity index (χ1) is 40.2. The van der Waals surface area contributed by atoms with E-state index < -0.39 is 134 Å². The quantitative estimate of drug-likeness (QED) is 0.0314. The van der Waals surface area contributed by atoms with Crippen molar-refractivity contribution in [1.82, 2.24) is 58.5 Å². The summed E-state index contributed by atoms with van der Waals surface area (Å²) in [7, 11) is 1.45. The van der Waals surface area contributed by atoms with E-state index in [4.69, 9.17) is 0 Å². The molecule has 0 heterocycles. The number of aliphatic hydroxyl groups excluding tert-OH is 2. The number of hydrogen-bond acceptors (Lipinski definition) is 14. The van der Waals surface area contributed by atoms with E-state index in [2.05, 4.69) is 58.5 Å². The summed E-state index contributed by atoms with van der Waals surface area (Å²) in [4.78, 5) is 147. The molecule has 0 aliphatic heterocycles. The van der Waals surface area contributed by atoms with E-state index in [0.29, 0.717) is 55.2 Å². The van der Waals surface area contributed by atoms with Crippen LogP contribution in [0.3, 0.4) is 0 Å². The largest absolute Gasteiger partial charge is 0.508 e. The standard InChI is InChI=1S/C59H85N11O14/c1-6-9-14-24-42(53(78)60-5)64-51(77)35-63-54(79)43(23-10-7-2)66-58(83)47(36-71)65-50(76)34-61-49(75)33-62-55(80)44(32-40-26-28-41(73)29-27-40)67-56(81)45(30-38-19-15-12-16-20-38)68-57(82)46(31-39-21-17-13-18-22-39)69-59(84)52(37(4)72)70-48(74)25-11-8-3/h12-13,15-22,26-29,37,42-47,52,71-73H,6-11,14,23-25,30-36H2,1-5H3,(H,60,78)(H,61,75)(H,62,80)(H,63,79)(H,64,77)(H,65,76)(H,66,83)(H,67,81)(H,68,82)(H,69,84)(H,70,74). The number of carbonyl (C=O) groups excluding carboxylic acids is 11. The zero-order valence-corrected chi connectivity index (χ0v) is 48.6. The number of likely N-dealkylation sites (N-methyl/N-ethyl adjacent to an activating group) is 1. The second-order valence-electron chi connectivity index (χ2n) is 20.3. The number of phenols is 1. The summed E-state index contributed by atoms with van der Waals surface area (Å²) in [6.07, 6.45) is 3.72. The Hall–Kier alpha value is -8.45. The molecule has 0 aromatic heterocycles. The fourth-order valence-corrected chi connectivity index (χ4v) is 8.49. The lowest BCUT2D eigenvalue weighted by molar-refractivity contribution is -0.135. The third kappa shape index (κ3) is 26.2. The van der Waals surface area contributed by atoms with Crippen molar-refractivity contribution < 1.29 is 68.1 Å². The summed E-state index contributed by atoms with van der Waals surface area (Å²) in [6.45, 7) is 4.18. The van der Waals surface area contributed by atoms with Crippen LogP contribution >= 0.6 is 0 Å². The number of nitrogens with one attached hydrogen (secondary N) is 11. The average molecular weight is 1170 g/mol. The zero-order valence-electron chi connectivity index (χ0n) is 48.6. The predicted molar refractivity (Wildman–Crippen MR) is 311 cm³/mol. The average Bonchev–Trinajstić information content (AvgIpc) is 3.68. The maximum Gasteiger partial charge on any atom is 0.245 e. The molecule has 3 aromatic carbocycles. The number of hydrogen-bond donors (Lipinski definition) is 14. The zero-order chi connectivity index (χ0) is 62.0. The third-order valence-electron chi connectivity index (χ3n) is 13.3. The Labute approximate surface area is 490 Å². The molecule has 3 rings (SSSR count). The number of unbranched alkanes of at least 4 members (excludes halogenated alkanes) is 4. The van der Waals surface area contributed by atoms with Crippen molar-refractivity contribution in [1.29, 1.82) is 0 Å². The molecule has 460 valence electrons. The molecule has 3 aromatic rings. The van der Waals surface area contributed by atoms with Crippen LogP contribution in [0.5, 0.6) is 5.75 Å². The maximum atomic E-state index is 14.5. The normalized spacial score (nSPS) is 13.7. The fourth-order valence-electron chi connectivity index (χ4n) is 8.49. The van der Waals surface area contributed by atoms with Gasteiger partial charge in [-0.25, -0.2) is 0 Å². The molecule has 0 bridgehead atoms. The molecule has 0 spiro atoms. The van der Waals surface area contributed by atoms with Gasteiger partial charge in [-0.2, -0.15) is 0 Å². The van der Waals surface area contributed by atoms with Gasteiger partial charge in [-0.3, -0.25) is 52.7 Å². The van der Waals surface area contributed by atoms with Gasteiger partial charge in [0.1, 0.15) is 48.0 Å². The smallest absolute Gasteiger partial charge is 0.245 e. The third-order valence-corrected chi connectivity index (χ3v) is 13.3. The molecule has 25 heteroatoms. The predicted octanol–water partition coefficient (Wildman–Crippen LogP) is -0.758. The number of benzene rings is 3. The molecule has 0 fully saturated rings. The van der Waals surface area contributed by atoms with Crippen LogP contribution in [0.1, 0.15) is 109 Å². The minimum atomic E-state index is -1.59. The van der Waals surface area contributed by atoms with Crippen molar-refractivity contribution in [2.45, 2.75) is 160 Å². The van der Waals surface area contributed by atoms with E-state index in [1.807, 2.05) is 20.8 Å². The minimum absolute atomic E-state index is 0.0747. The lowest BCUT2D eigenvalue weighted by atomic mass is 10.0. The fraction of sp³-hybridized carbons (Fsp3) is 0.508. The Morgan fingerprint density at radius 1 is 0.417 bits per heavy atom. The van der Waals surface area contributed by atoms with Gasteiger partial charge < -0.3 is 73.8 Å². The van der Waals surface area contributed by atoms with Crippen LogP contribution in [0.2, 0.25) is 0 Å². The summed E-state index contributed by atoms with van der Waals surface area (Å²) in [6, 6.07) is 13.8. The topological polar surface area (TPSA) is 381 Å². The molecule has 0 saturated carbocycles. The van der Waals surface area contributed by atoms with Crippen molar-refractivity contribution in [2.24, 2.45) is 0 Å². The number of amides is 11. The number of aromatic hydroxyl groups is 1. The second-order valence-corrected chi connectivity index (χ2v) is 20.3. The van der Waals surface area contributed by atoms with Gasteiger partial charge in [0.2, 0.25) is 65.0 Å². The maximum absolute atomic E-state index is 14.5. The van der Waals surface area contributed by atoms with E-state index in [-0.39, 0.29) is 43.8 Å². The molecule has 11 amide bonds. The molecule has 0 saturated heterocycles. The Morgan fingerprint density at radius 2 is 0.833 bits per heavy atom. The van der Waals surface area contributed by atoms with Crippen LogP contribution < -0.4 is 58.5 Å². The lowest BCUT2D eigenvalue weighted by Crippen LogP contribution is -2.60. The van der Waals surface area contributed by atoms with Gasteiger partial charge in [0.05, 0.1) is 32.3 Å². The number of aliphatic hydroxyl groups is 2. The van der Waals surface area contributed by atoms with Crippen LogP contribution in [-0.4, -0.2) is 162 Å². The first-order valence-corrected chi connectivity index (χ1v) is 28.5. The lowest BCUT2D eigenvalue weighted by Gasteiger charge is -2.27. The first kappa shape index (κ1) is 69.8. The molecule has 14 N–H and O–H groups in total. The van der Waals surface area contributed by atoms with Crippen LogP contribution in [0, 0.1) is 0 Å². The van der Waals surface area contributed by atoms with Crippen LogP contribution in [-0.2, 0) is 72.0 Å². The van der Waals surface area contributed by atoms with E-state index >= 15 is 0 Å². The monoisotopic (exact) mass is 1170 g/mol. The molecule has 25 nitrogen and oxygen atoms in total. The van der Waals surface area contributed by atoms with Crippen molar-refractivity contribution in [2.75, 3.05) is 33.3 Å². The van der Waals surface area contributed by atoms with Crippen molar-refractivity contribution in [3.8, 4) is 5.75 Å². The Balaban J connectivity index is 1.74. The van der Waals surface area contributed by atoms with Gasteiger partial charge in [-0.05, 0) is 55.0 Å². The molecule has 0 aliphatic rings. The summed E-state index contributed by atoms with van der Waals surface area (Å²) in [5.74, 6) is -8.48. The molecular weight excluding hydrogens is 1090 g/mol. The van der Waals surface area contributed by atoms with E-state index in [9.17, 15) is 68.1 Å². The van der Waals surface area contributed by atoms with E-state index in [1.54, 1.807) is 60.7 Å². The Bertz CT molecular complexity index is 2610. The highest BCUT2D eigenvalue weighted by molar-refractivity contribution is 5.98. The van der Waals surface area contributed by atoms with Gasteiger partial charge in [0, 0.05) is 32.7 Å². The van der Waals surface area contributed by atoms with Crippen molar-refractivity contribution in [3.05, 3.63) is 102 Å². The first-order valence-electron chi connectivity index (χ1n) is 28.5. The molecule has 8 atom stereocenters. The van der Waals surface area contributed by atoms with Gasteiger partial charge in [0.25, 0.3) is 0 Å². The van der Waals surface area contributed by atoms with Crippen LogP contribution in [0.15, 0.2) is 84.9 Å². The van der Waals surface area contributed by atoms with E-state index in [1.165, 1.54) is 38.2 Å². The van der Waals surface area contributed by atoms with Gasteiger partial charge in [-0.15, -0.1) is 0 Å². The van der Waals surface area contributed by atoms with Crippen molar-refractivity contribution in [3.63, 3.8) is 0 Å². The second kappa shape index (κ2) is 38.3. The minimum Gasteiger partial charge on any atom is -0.508 e. The highest BCUT2D eigenvalue weighted by atomic mass is 16.3. The SMILES string of the molecule is CCCCCC(NC(=O)CNC(=O)C(CCCC)NC(=O)C(CO)NC(=O)CNC(=O)CNC(=O)C(Cc1ccc(O)cc1)NC(=O)C(Cc1ccccc1)NC(=O)C(Cc1ccccc1)NC(=O)C(NC(=O)CCCC)C(C)O)C(=O)NC. The van der Waals surface area contributed by atoms with Crippen LogP contribution in [0.4, 0.5) is 0 Å². The van der Waals surface area contributed by atoms with Crippen molar-refractivity contribution >= 4 is 65.0 Å². The number of phenolic OH excluding ortho intramolecular Hbond substituents is 1. The van der Waals surface area contributed by atoms with E-state index in [0.717, 1.165) is 12.8 Å². The summed E-state index contributed by atoms with van der Waals surface area (Å²) >= 11 is 0. The summed E-state index contributed by atoms with van der Waals surface area (Å²) in [5.41, 5.74) is 1.69. The molecule has 8 unspecified atom stereocenters. The molecule has 0 aliphatic carbocycles. The van der Waals surface area contributed by atoms with Gasteiger partial charge in [-0.1, -0.05) is 132 Å². The number of rotatable bonds is 38. The molecule has 84 heavy (non-hydrogen) atoms. The van der Waals surface area contributed by atoms with Crippen LogP contribution in [0.25, 0.3) is 0 Å². The highest BCUT2D eigenvalue weighted by Gasteiger charge is 2.34. The summed E-state index contributed by atoms with van der Waals surface area (Å²) in [5, 5.41) is 58.3. The van der Waals surface area contributed by atoms with Gasteiger partial charge in [0.15, 0.2) is 0 Å². The Kier molecular flexibility index (Phi) is 31.9. The molecular formula is C59H85N11O14. The summed E-state index contributed by atoms with van der Waals surface area (Å²) < 4.78 is 0. The molecule has 0 radical (unpaired) electrons. The number of carbonyl (C=O) groups is 11.